The number of rotatable bonds is 6. The molecule has 0 radical (unpaired) electrons. The summed E-state index contributed by atoms with van der Waals surface area (Å²) < 4.78 is 34.2. The average molecular weight is 544 g/mol. The van der Waals surface area contributed by atoms with E-state index in [1.807, 2.05) is 26.0 Å². The van der Waals surface area contributed by atoms with Crippen LogP contribution in [0, 0.1) is 19.8 Å². The van der Waals surface area contributed by atoms with E-state index in [1.54, 1.807) is 29.4 Å². The van der Waals surface area contributed by atoms with Crippen LogP contribution < -0.4 is 4.90 Å². The SMILES string of the molecule is Cc1ccc(C)c2sc(N(Cc3ccco3)C(=O)C3CCN(S(=O)(=O)c4ccc(Cl)cc4)CC3)nc12. The highest BCUT2D eigenvalue weighted by Gasteiger charge is 2.35. The largest absolute Gasteiger partial charge is 0.467 e. The van der Waals surface area contributed by atoms with Gasteiger partial charge in [-0.25, -0.2) is 13.4 Å². The highest BCUT2D eigenvalue weighted by Crippen LogP contribution is 2.35. The maximum absolute atomic E-state index is 13.8. The zero-order valence-corrected chi connectivity index (χ0v) is 22.4. The van der Waals surface area contributed by atoms with Crippen LogP contribution in [0.1, 0.15) is 29.7 Å². The standard InChI is InChI=1S/C26H26ClN3O4S2/c1-17-5-6-18(2)24-23(17)28-26(35-24)30(16-21-4-3-15-34-21)25(31)19-11-13-29(14-12-19)36(32,33)22-9-7-20(27)8-10-22/h3-10,15,19H,11-14,16H2,1-2H3. The van der Waals surface area contributed by atoms with E-state index >= 15 is 0 Å². The van der Waals surface area contributed by atoms with Gasteiger partial charge in [0.2, 0.25) is 15.9 Å². The molecule has 4 aromatic rings. The predicted octanol–water partition coefficient (Wildman–Crippen LogP) is 5.79. The number of piperidine rings is 1. The topological polar surface area (TPSA) is 83.7 Å². The molecule has 0 aliphatic carbocycles. The Morgan fingerprint density at radius 1 is 1.11 bits per heavy atom. The number of carbonyl (C=O) groups is 1. The molecule has 0 saturated carbocycles. The van der Waals surface area contributed by atoms with Crippen molar-refractivity contribution >= 4 is 54.2 Å². The van der Waals surface area contributed by atoms with Crippen LogP contribution in [0.2, 0.25) is 5.02 Å². The number of nitrogens with zero attached hydrogens (tertiary/aromatic N) is 3. The van der Waals surface area contributed by atoms with E-state index in [2.05, 4.69) is 6.07 Å². The van der Waals surface area contributed by atoms with Gasteiger partial charge in [-0.05, 0) is 74.2 Å². The number of hydrogen-bond acceptors (Lipinski definition) is 6. The number of carbonyl (C=O) groups excluding carboxylic acids is 1. The summed E-state index contributed by atoms with van der Waals surface area (Å²) in [7, 11) is -3.64. The number of furan rings is 1. The molecule has 0 atom stereocenters. The van der Waals surface area contributed by atoms with Gasteiger partial charge in [-0.15, -0.1) is 0 Å². The number of hydrogen-bond donors (Lipinski definition) is 0. The molecule has 0 bridgehead atoms. The van der Waals surface area contributed by atoms with Crippen molar-refractivity contribution in [2.24, 2.45) is 5.92 Å². The molecule has 7 nitrogen and oxygen atoms in total. The van der Waals surface area contributed by atoms with Gasteiger partial charge in [-0.2, -0.15) is 4.31 Å². The van der Waals surface area contributed by atoms with Crippen LogP contribution in [0.25, 0.3) is 10.2 Å². The Morgan fingerprint density at radius 3 is 2.44 bits per heavy atom. The van der Waals surface area contributed by atoms with Gasteiger partial charge in [0.1, 0.15) is 5.76 Å². The van der Waals surface area contributed by atoms with Crippen LogP contribution >= 0.6 is 22.9 Å². The van der Waals surface area contributed by atoms with Crippen molar-refractivity contribution < 1.29 is 17.6 Å². The quantitative estimate of drug-likeness (QED) is 0.307. The Bertz CT molecular complexity index is 1450. The second-order valence-electron chi connectivity index (χ2n) is 9.01. The number of amides is 1. The van der Waals surface area contributed by atoms with E-state index in [0.29, 0.717) is 28.8 Å². The van der Waals surface area contributed by atoms with Gasteiger partial charge in [0, 0.05) is 24.0 Å². The Hall–Kier alpha value is -2.72. The molecule has 188 valence electrons. The van der Waals surface area contributed by atoms with Crippen molar-refractivity contribution in [3.05, 3.63) is 76.7 Å². The molecule has 2 aromatic heterocycles. The Kier molecular flexibility index (Phi) is 6.91. The molecule has 36 heavy (non-hydrogen) atoms. The normalized spacial score (nSPS) is 15.4. The molecule has 2 aromatic carbocycles. The van der Waals surface area contributed by atoms with E-state index in [1.165, 1.54) is 27.8 Å². The van der Waals surface area contributed by atoms with E-state index in [4.69, 9.17) is 21.0 Å². The monoisotopic (exact) mass is 543 g/mol. The number of sulfonamides is 1. The van der Waals surface area contributed by atoms with Gasteiger partial charge in [-0.3, -0.25) is 9.69 Å². The van der Waals surface area contributed by atoms with Crippen LogP contribution in [0.5, 0.6) is 0 Å². The van der Waals surface area contributed by atoms with Crippen molar-refractivity contribution in [3.63, 3.8) is 0 Å². The van der Waals surface area contributed by atoms with Crippen molar-refractivity contribution in [3.8, 4) is 0 Å². The minimum absolute atomic E-state index is 0.0655. The van der Waals surface area contributed by atoms with Crippen LogP contribution in [0.3, 0.4) is 0 Å². The number of halogens is 1. The molecule has 1 fully saturated rings. The molecule has 5 rings (SSSR count). The lowest BCUT2D eigenvalue weighted by Gasteiger charge is -2.32. The van der Waals surface area contributed by atoms with Crippen molar-refractivity contribution in [1.29, 1.82) is 0 Å². The maximum atomic E-state index is 13.8. The van der Waals surface area contributed by atoms with E-state index in [9.17, 15) is 13.2 Å². The first-order chi connectivity index (χ1) is 17.2. The summed E-state index contributed by atoms with van der Waals surface area (Å²) >= 11 is 7.41. The lowest BCUT2D eigenvalue weighted by atomic mass is 9.96. The zero-order valence-electron chi connectivity index (χ0n) is 20.0. The Morgan fingerprint density at radius 2 is 1.81 bits per heavy atom. The lowest BCUT2D eigenvalue weighted by Crippen LogP contribution is -2.44. The summed E-state index contributed by atoms with van der Waals surface area (Å²) in [5, 5.41) is 1.11. The van der Waals surface area contributed by atoms with Crippen LogP contribution in [0.4, 0.5) is 5.13 Å². The number of benzene rings is 2. The minimum Gasteiger partial charge on any atom is -0.467 e. The van der Waals surface area contributed by atoms with Gasteiger partial charge in [-0.1, -0.05) is 35.1 Å². The highest BCUT2D eigenvalue weighted by molar-refractivity contribution is 7.89. The third-order valence-corrected chi connectivity index (χ3v) is 9.95. The molecule has 1 saturated heterocycles. The molecule has 0 spiro atoms. The van der Waals surface area contributed by atoms with Crippen LogP contribution in [0.15, 0.2) is 64.1 Å². The molecule has 0 unspecified atom stereocenters. The zero-order chi connectivity index (χ0) is 25.4. The first-order valence-electron chi connectivity index (χ1n) is 11.7. The van der Waals surface area contributed by atoms with E-state index < -0.39 is 10.0 Å². The van der Waals surface area contributed by atoms with Crippen LogP contribution in [-0.4, -0.2) is 36.7 Å². The van der Waals surface area contributed by atoms with Crippen molar-refractivity contribution in [2.45, 2.75) is 38.1 Å². The summed E-state index contributed by atoms with van der Waals surface area (Å²) in [5.74, 6) is 0.286. The van der Waals surface area contributed by atoms with Gasteiger partial charge >= 0.3 is 0 Å². The second-order valence-corrected chi connectivity index (χ2v) is 12.4. The van der Waals surface area contributed by atoms with Gasteiger partial charge in [0.15, 0.2) is 5.13 Å². The fourth-order valence-corrected chi connectivity index (χ4v) is 7.19. The number of aryl methyl sites for hydroxylation is 2. The molecule has 0 N–H and O–H groups in total. The molecule has 1 amide bonds. The number of aromatic nitrogens is 1. The third kappa shape index (κ3) is 4.80. The third-order valence-electron chi connectivity index (χ3n) is 6.58. The number of fused-ring (bicyclic) bond motifs is 1. The molecule has 1 aliphatic rings. The number of thiazole rings is 1. The second kappa shape index (κ2) is 9.97. The fourth-order valence-electron chi connectivity index (χ4n) is 4.48. The van der Waals surface area contributed by atoms with Crippen molar-refractivity contribution in [1.82, 2.24) is 9.29 Å². The summed E-state index contributed by atoms with van der Waals surface area (Å²) in [6.07, 6.45) is 2.46. The summed E-state index contributed by atoms with van der Waals surface area (Å²) in [6.45, 7) is 4.87. The van der Waals surface area contributed by atoms with Crippen molar-refractivity contribution in [2.75, 3.05) is 18.0 Å². The molecular formula is C26H26ClN3O4S2. The Labute approximate surface area is 219 Å². The lowest BCUT2D eigenvalue weighted by molar-refractivity contribution is -0.123. The summed E-state index contributed by atoms with van der Waals surface area (Å²) in [4.78, 5) is 20.5. The molecule has 10 heteroatoms. The van der Waals surface area contributed by atoms with Gasteiger partial charge in [0.25, 0.3) is 0 Å². The molecule has 1 aliphatic heterocycles. The van der Waals surface area contributed by atoms with Crippen LogP contribution in [-0.2, 0) is 21.4 Å². The Balaban J connectivity index is 1.38. The van der Waals surface area contributed by atoms with Gasteiger partial charge in [0.05, 0.1) is 27.9 Å². The first kappa shape index (κ1) is 25.0. The van der Waals surface area contributed by atoms with E-state index in [0.717, 1.165) is 21.3 Å². The average Bonchev–Trinajstić information content (AvgIpc) is 3.56. The molecular weight excluding hydrogens is 518 g/mol. The minimum atomic E-state index is -3.64. The number of anilines is 1. The van der Waals surface area contributed by atoms with Gasteiger partial charge < -0.3 is 4.42 Å². The highest BCUT2D eigenvalue weighted by atomic mass is 35.5. The summed E-state index contributed by atoms with van der Waals surface area (Å²) in [5.41, 5.74) is 3.07. The smallest absolute Gasteiger partial charge is 0.243 e. The fraction of sp³-hybridized carbons (Fsp3) is 0.308. The van der Waals surface area contributed by atoms with E-state index in [-0.39, 0.29) is 36.4 Å². The molecule has 3 heterocycles. The maximum Gasteiger partial charge on any atom is 0.243 e. The first-order valence-corrected chi connectivity index (χ1v) is 14.3. The predicted molar refractivity (Wildman–Crippen MR) is 142 cm³/mol. The summed E-state index contributed by atoms with van der Waals surface area (Å²) in [6, 6.07) is 13.9.